The number of fused-ring (bicyclic) bond motifs is 1. The number of rotatable bonds is 2. The molecule has 1 N–H and O–H groups in total. The lowest BCUT2D eigenvalue weighted by atomic mass is 9.86. The van der Waals surface area contributed by atoms with Crippen LogP contribution in [0.5, 0.6) is 0 Å². The zero-order valence-corrected chi connectivity index (χ0v) is 14.3. The number of pyridine rings is 1. The quantitative estimate of drug-likeness (QED) is 0.923. The van der Waals surface area contributed by atoms with Gasteiger partial charge < -0.3 is 10.2 Å². The Morgan fingerprint density at radius 1 is 1.17 bits per heavy atom. The lowest BCUT2D eigenvalue weighted by Gasteiger charge is -2.35. The molecule has 0 bridgehead atoms. The lowest BCUT2D eigenvalue weighted by molar-refractivity contribution is 0.0966. The van der Waals surface area contributed by atoms with Crippen molar-refractivity contribution in [1.82, 2.24) is 10.3 Å². The predicted octanol–water partition coefficient (Wildman–Crippen LogP) is 3.33. The van der Waals surface area contributed by atoms with Gasteiger partial charge in [-0.05, 0) is 49.8 Å². The van der Waals surface area contributed by atoms with Crippen LogP contribution >= 0.6 is 0 Å². The molecule has 2 aliphatic heterocycles. The van der Waals surface area contributed by atoms with Crippen molar-refractivity contribution < 1.29 is 4.79 Å². The van der Waals surface area contributed by atoms with E-state index in [-0.39, 0.29) is 5.91 Å². The highest BCUT2D eigenvalue weighted by Crippen LogP contribution is 2.34. The van der Waals surface area contributed by atoms with E-state index in [2.05, 4.69) is 47.2 Å². The number of carbonyl (C=O) groups excluding carboxylic acids is 1. The monoisotopic (exact) mass is 321 g/mol. The Bertz CT molecular complexity index is 791. The molecule has 4 rings (SSSR count). The van der Waals surface area contributed by atoms with Gasteiger partial charge >= 0.3 is 0 Å². The topological polar surface area (TPSA) is 45.2 Å². The van der Waals surface area contributed by atoms with Gasteiger partial charge in [0, 0.05) is 19.3 Å². The van der Waals surface area contributed by atoms with Gasteiger partial charge in [-0.25, -0.2) is 0 Å². The van der Waals surface area contributed by atoms with E-state index in [0.717, 1.165) is 42.9 Å². The van der Waals surface area contributed by atoms with Gasteiger partial charge in [-0.3, -0.25) is 9.78 Å². The minimum Gasteiger partial charge on any atom is -0.371 e. The molecular weight excluding hydrogens is 298 g/mol. The second-order valence-electron chi connectivity index (χ2n) is 6.96. The standard InChI is InChI=1S/C20H23N3O/c1-13-3-4-14(2)16(11-13)15-6-9-23(10-7-15)18-5-8-21-17-12-22-20(24)19(17)18/h3-5,8,11,15H,6-7,9-10,12H2,1-2H3,(H,22,24). The first-order valence-corrected chi connectivity index (χ1v) is 8.71. The highest BCUT2D eigenvalue weighted by Gasteiger charge is 2.29. The van der Waals surface area contributed by atoms with Gasteiger partial charge in [-0.2, -0.15) is 0 Å². The molecule has 0 saturated carbocycles. The minimum absolute atomic E-state index is 0.0183. The maximum Gasteiger partial charge on any atom is 0.255 e. The summed E-state index contributed by atoms with van der Waals surface area (Å²) in [5, 5.41) is 2.88. The predicted molar refractivity (Wildman–Crippen MR) is 95.5 cm³/mol. The maximum absolute atomic E-state index is 12.1. The molecule has 3 heterocycles. The Kier molecular flexibility index (Phi) is 3.75. The van der Waals surface area contributed by atoms with Crippen LogP contribution < -0.4 is 10.2 Å². The van der Waals surface area contributed by atoms with Gasteiger partial charge in [0.15, 0.2) is 0 Å². The summed E-state index contributed by atoms with van der Waals surface area (Å²) in [7, 11) is 0. The third-order valence-electron chi connectivity index (χ3n) is 5.36. The summed E-state index contributed by atoms with van der Waals surface area (Å²) in [5.74, 6) is 0.634. The molecule has 1 fully saturated rings. The van der Waals surface area contributed by atoms with Gasteiger partial charge in [0.1, 0.15) is 0 Å². The van der Waals surface area contributed by atoms with Crippen molar-refractivity contribution in [2.24, 2.45) is 0 Å². The van der Waals surface area contributed by atoms with Crippen LogP contribution in [0.15, 0.2) is 30.5 Å². The Hall–Kier alpha value is -2.36. The fraction of sp³-hybridized carbons (Fsp3) is 0.400. The smallest absolute Gasteiger partial charge is 0.255 e. The minimum atomic E-state index is 0.0183. The summed E-state index contributed by atoms with van der Waals surface area (Å²) in [6.07, 6.45) is 4.08. The summed E-state index contributed by atoms with van der Waals surface area (Å²) in [6, 6.07) is 8.75. The first kappa shape index (κ1) is 15.2. The van der Waals surface area contributed by atoms with E-state index in [9.17, 15) is 4.79 Å². The fourth-order valence-electron chi connectivity index (χ4n) is 4.02. The molecule has 0 unspecified atom stereocenters. The second kappa shape index (κ2) is 5.93. The van der Waals surface area contributed by atoms with E-state index in [1.54, 1.807) is 0 Å². The Labute approximate surface area is 142 Å². The zero-order valence-electron chi connectivity index (χ0n) is 14.3. The molecule has 1 aromatic heterocycles. The molecular formula is C20H23N3O. The van der Waals surface area contributed by atoms with Gasteiger partial charge in [0.05, 0.1) is 23.5 Å². The van der Waals surface area contributed by atoms with Crippen LogP contribution in [0.1, 0.15) is 51.5 Å². The molecule has 24 heavy (non-hydrogen) atoms. The Balaban J connectivity index is 1.54. The van der Waals surface area contributed by atoms with Crippen LogP contribution in [0.25, 0.3) is 0 Å². The van der Waals surface area contributed by atoms with E-state index in [1.807, 2.05) is 12.3 Å². The van der Waals surface area contributed by atoms with Crippen LogP contribution in [0.2, 0.25) is 0 Å². The van der Waals surface area contributed by atoms with Crippen molar-refractivity contribution in [3.05, 3.63) is 58.4 Å². The normalized spacial score (nSPS) is 17.8. The largest absolute Gasteiger partial charge is 0.371 e. The summed E-state index contributed by atoms with van der Waals surface area (Å²) < 4.78 is 0. The number of carbonyl (C=O) groups is 1. The number of hydrogen-bond donors (Lipinski definition) is 1. The number of anilines is 1. The second-order valence-corrected chi connectivity index (χ2v) is 6.96. The average molecular weight is 321 g/mol. The van der Waals surface area contributed by atoms with Crippen molar-refractivity contribution in [3.63, 3.8) is 0 Å². The van der Waals surface area contributed by atoms with Crippen molar-refractivity contribution >= 4 is 11.6 Å². The molecule has 0 atom stereocenters. The molecule has 0 radical (unpaired) electrons. The van der Waals surface area contributed by atoms with Gasteiger partial charge in [-0.15, -0.1) is 0 Å². The SMILES string of the molecule is Cc1ccc(C)c(C2CCN(c3ccnc4c3C(=O)NC4)CC2)c1. The third-order valence-corrected chi connectivity index (χ3v) is 5.36. The third kappa shape index (κ3) is 2.56. The van der Waals surface area contributed by atoms with E-state index < -0.39 is 0 Å². The van der Waals surface area contributed by atoms with E-state index in [4.69, 9.17) is 0 Å². The molecule has 2 aliphatic rings. The number of hydrogen-bond acceptors (Lipinski definition) is 3. The number of piperidine rings is 1. The van der Waals surface area contributed by atoms with Gasteiger partial charge in [0.25, 0.3) is 5.91 Å². The summed E-state index contributed by atoms with van der Waals surface area (Å²) in [6.45, 7) is 6.91. The summed E-state index contributed by atoms with van der Waals surface area (Å²) in [4.78, 5) is 18.8. The van der Waals surface area contributed by atoms with E-state index >= 15 is 0 Å². The summed E-state index contributed by atoms with van der Waals surface area (Å²) in [5.41, 5.74) is 6.93. The van der Waals surface area contributed by atoms with Crippen LogP contribution in [-0.4, -0.2) is 24.0 Å². The van der Waals surface area contributed by atoms with Gasteiger partial charge in [-0.1, -0.05) is 23.8 Å². The highest BCUT2D eigenvalue weighted by molar-refractivity contribution is 6.03. The van der Waals surface area contributed by atoms with Crippen molar-refractivity contribution in [2.75, 3.05) is 18.0 Å². The van der Waals surface area contributed by atoms with Crippen LogP contribution in [0, 0.1) is 13.8 Å². The first-order valence-electron chi connectivity index (χ1n) is 8.71. The molecule has 1 saturated heterocycles. The van der Waals surface area contributed by atoms with Crippen molar-refractivity contribution in [2.45, 2.75) is 39.2 Å². The molecule has 4 heteroatoms. The molecule has 2 aromatic rings. The molecule has 4 nitrogen and oxygen atoms in total. The van der Waals surface area contributed by atoms with Crippen LogP contribution in [-0.2, 0) is 6.54 Å². The van der Waals surface area contributed by atoms with Crippen molar-refractivity contribution in [1.29, 1.82) is 0 Å². The maximum atomic E-state index is 12.1. The molecule has 1 aromatic carbocycles. The molecule has 0 spiro atoms. The number of nitrogens with zero attached hydrogens (tertiary/aromatic N) is 2. The van der Waals surface area contributed by atoms with Gasteiger partial charge in [0.2, 0.25) is 0 Å². The van der Waals surface area contributed by atoms with Crippen LogP contribution in [0.4, 0.5) is 5.69 Å². The Morgan fingerprint density at radius 2 is 1.96 bits per heavy atom. The number of aromatic nitrogens is 1. The highest BCUT2D eigenvalue weighted by atomic mass is 16.1. The molecule has 1 amide bonds. The Morgan fingerprint density at radius 3 is 2.75 bits per heavy atom. The van der Waals surface area contributed by atoms with E-state index in [0.29, 0.717) is 12.5 Å². The van der Waals surface area contributed by atoms with Crippen LogP contribution in [0.3, 0.4) is 0 Å². The average Bonchev–Trinajstić information content (AvgIpc) is 2.99. The lowest BCUT2D eigenvalue weighted by Crippen LogP contribution is -2.34. The number of aryl methyl sites for hydroxylation is 2. The molecule has 124 valence electrons. The van der Waals surface area contributed by atoms with Crippen molar-refractivity contribution in [3.8, 4) is 0 Å². The first-order chi connectivity index (χ1) is 11.6. The fourth-order valence-corrected chi connectivity index (χ4v) is 4.02. The summed E-state index contributed by atoms with van der Waals surface area (Å²) >= 11 is 0. The van der Waals surface area contributed by atoms with E-state index in [1.165, 1.54) is 16.7 Å². The zero-order chi connectivity index (χ0) is 16.7. The number of benzene rings is 1. The number of nitrogens with one attached hydrogen (secondary N) is 1. The molecule has 0 aliphatic carbocycles. The number of amides is 1.